The second-order valence-corrected chi connectivity index (χ2v) is 2.28. The van der Waals surface area contributed by atoms with Gasteiger partial charge in [0.05, 0.1) is 6.61 Å². The average molecular weight is 226 g/mol. The number of hydrogen-bond acceptors (Lipinski definition) is 1. The zero-order valence-electron chi connectivity index (χ0n) is 6.45. The third-order valence-corrected chi connectivity index (χ3v) is 1.21. The Morgan fingerprint density at radius 3 is 1.64 bits per heavy atom. The third kappa shape index (κ3) is 2.37. The number of aliphatic hydroxyl groups is 1. The molecule has 0 radical (unpaired) electrons. The van der Waals surface area contributed by atoms with E-state index in [1.54, 1.807) is 0 Å². The van der Waals surface area contributed by atoms with Gasteiger partial charge in [-0.2, -0.15) is 30.7 Å². The highest BCUT2D eigenvalue weighted by Gasteiger charge is 2.71. The van der Waals surface area contributed by atoms with Gasteiger partial charge in [-0.05, 0) is 6.08 Å². The predicted octanol–water partition coefficient (Wildman–Crippen LogP) is 2.37. The minimum atomic E-state index is -6.34. The first-order valence-corrected chi connectivity index (χ1v) is 3.17. The van der Waals surface area contributed by atoms with E-state index in [1.807, 2.05) is 0 Å². The smallest absolute Gasteiger partial charge is 0.392 e. The molecule has 0 spiro atoms. The lowest BCUT2D eigenvalue weighted by Gasteiger charge is -2.25. The molecule has 0 unspecified atom stereocenters. The van der Waals surface area contributed by atoms with Crippen molar-refractivity contribution < 1.29 is 35.8 Å². The summed E-state index contributed by atoms with van der Waals surface area (Å²) in [4.78, 5) is 0. The number of hydrogen-bond donors (Lipinski definition) is 1. The summed E-state index contributed by atoms with van der Waals surface area (Å²) in [6, 6.07) is 0. The van der Waals surface area contributed by atoms with Crippen molar-refractivity contribution in [3.8, 4) is 0 Å². The van der Waals surface area contributed by atoms with Crippen molar-refractivity contribution in [3.05, 3.63) is 12.2 Å². The second kappa shape index (κ2) is 3.76. The van der Waals surface area contributed by atoms with E-state index in [0.29, 0.717) is 0 Å². The Morgan fingerprint density at radius 1 is 0.929 bits per heavy atom. The largest absolute Gasteiger partial charge is 0.460 e. The topological polar surface area (TPSA) is 20.2 Å². The van der Waals surface area contributed by atoms with Gasteiger partial charge in [0, 0.05) is 0 Å². The Bertz CT molecular complexity index is 217. The fraction of sp³-hybridized carbons (Fsp3) is 0.667. The van der Waals surface area contributed by atoms with Gasteiger partial charge in [0.2, 0.25) is 0 Å². The first-order valence-electron chi connectivity index (χ1n) is 3.17. The van der Waals surface area contributed by atoms with Gasteiger partial charge >= 0.3 is 18.0 Å². The number of rotatable bonds is 3. The van der Waals surface area contributed by atoms with E-state index in [9.17, 15) is 30.7 Å². The van der Waals surface area contributed by atoms with Gasteiger partial charge in [-0.3, -0.25) is 0 Å². The molecule has 0 aliphatic rings. The summed E-state index contributed by atoms with van der Waals surface area (Å²) in [5, 5.41) is 7.95. The average Bonchev–Trinajstić information content (AvgIpc) is 1.98. The summed E-state index contributed by atoms with van der Waals surface area (Å²) >= 11 is 0. The lowest BCUT2D eigenvalue weighted by atomic mass is 10.1. The second-order valence-electron chi connectivity index (χ2n) is 2.28. The Hall–Kier alpha value is -0.790. The van der Waals surface area contributed by atoms with Crippen LogP contribution in [0.2, 0.25) is 0 Å². The highest BCUT2D eigenvalue weighted by molar-refractivity contribution is 5.05. The van der Waals surface area contributed by atoms with Crippen LogP contribution in [0.4, 0.5) is 30.7 Å². The molecular weight excluding hydrogens is 221 g/mol. The van der Waals surface area contributed by atoms with Crippen LogP contribution in [0.5, 0.6) is 0 Å². The summed E-state index contributed by atoms with van der Waals surface area (Å²) in [7, 11) is 0. The van der Waals surface area contributed by atoms with Crippen molar-refractivity contribution in [1.29, 1.82) is 0 Å². The molecule has 0 aromatic carbocycles. The van der Waals surface area contributed by atoms with E-state index in [2.05, 4.69) is 0 Å². The van der Waals surface area contributed by atoms with E-state index in [0.717, 1.165) is 0 Å². The molecule has 0 atom stereocenters. The quantitative estimate of drug-likeness (QED) is 0.578. The SMILES string of the molecule is OCC=CC(F)(F)C(F)(F)C(F)(F)F. The maximum absolute atomic E-state index is 12.2. The van der Waals surface area contributed by atoms with Crippen LogP contribution < -0.4 is 0 Å². The molecule has 1 N–H and O–H groups in total. The van der Waals surface area contributed by atoms with E-state index in [-0.39, 0.29) is 6.08 Å². The van der Waals surface area contributed by atoms with E-state index in [1.165, 1.54) is 0 Å². The van der Waals surface area contributed by atoms with Gasteiger partial charge in [-0.15, -0.1) is 0 Å². The zero-order valence-corrected chi connectivity index (χ0v) is 6.45. The van der Waals surface area contributed by atoms with Gasteiger partial charge in [-0.25, -0.2) is 0 Å². The number of halogens is 7. The first kappa shape index (κ1) is 13.2. The Kier molecular flexibility index (Phi) is 3.54. The third-order valence-electron chi connectivity index (χ3n) is 1.21. The lowest BCUT2D eigenvalue weighted by molar-refractivity contribution is -0.341. The molecule has 0 rings (SSSR count). The van der Waals surface area contributed by atoms with Crippen LogP contribution in [0.3, 0.4) is 0 Å². The van der Waals surface area contributed by atoms with Crippen LogP contribution in [0.25, 0.3) is 0 Å². The van der Waals surface area contributed by atoms with Crippen molar-refractivity contribution >= 4 is 0 Å². The van der Waals surface area contributed by atoms with Gasteiger partial charge in [0.15, 0.2) is 0 Å². The summed E-state index contributed by atoms with van der Waals surface area (Å²) in [5.74, 6) is -11.5. The van der Waals surface area contributed by atoms with Gasteiger partial charge in [-0.1, -0.05) is 6.08 Å². The minimum absolute atomic E-state index is 0.111. The molecule has 0 aliphatic carbocycles. The molecule has 0 aromatic rings. The van der Waals surface area contributed by atoms with Crippen LogP contribution >= 0.6 is 0 Å². The van der Waals surface area contributed by atoms with Gasteiger partial charge < -0.3 is 5.11 Å². The number of allylic oxidation sites excluding steroid dienone is 1. The maximum Gasteiger partial charge on any atom is 0.460 e. The molecule has 0 amide bonds. The predicted molar refractivity (Wildman–Crippen MR) is 32.2 cm³/mol. The van der Waals surface area contributed by atoms with Crippen LogP contribution in [0.15, 0.2) is 12.2 Å². The first-order chi connectivity index (χ1) is 6.06. The highest BCUT2D eigenvalue weighted by Crippen LogP contribution is 2.46. The Morgan fingerprint density at radius 2 is 1.36 bits per heavy atom. The molecule has 0 heterocycles. The van der Waals surface area contributed by atoms with Crippen molar-refractivity contribution in [2.24, 2.45) is 0 Å². The number of alkyl halides is 7. The summed E-state index contributed by atoms with van der Waals surface area (Å²) in [5.41, 5.74) is 0. The molecule has 0 saturated heterocycles. The number of aliphatic hydroxyl groups excluding tert-OH is 1. The van der Waals surface area contributed by atoms with Crippen LogP contribution in [-0.4, -0.2) is 29.7 Å². The van der Waals surface area contributed by atoms with Crippen LogP contribution in [-0.2, 0) is 0 Å². The van der Waals surface area contributed by atoms with Crippen LogP contribution in [0, 0.1) is 0 Å². The van der Waals surface area contributed by atoms with Crippen molar-refractivity contribution in [2.75, 3.05) is 6.61 Å². The normalized spacial score (nSPS) is 15.1. The summed E-state index contributed by atoms with van der Waals surface area (Å²) < 4.78 is 82.8. The highest BCUT2D eigenvalue weighted by atomic mass is 19.4. The van der Waals surface area contributed by atoms with Crippen molar-refractivity contribution in [3.63, 3.8) is 0 Å². The Balaban J connectivity index is 4.97. The van der Waals surface area contributed by atoms with Crippen LogP contribution in [0.1, 0.15) is 0 Å². The molecule has 0 bridgehead atoms. The standard InChI is InChI=1S/C6H5F7O/c7-4(8,2-1-3-14)5(9,10)6(11,12)13/h1-2,14H,3H2. The molecular formula is C6H5F7O. The molecule has 14 heavy (non-hydrogen) atoms. The minimum Gasteiger partial charge on any atom is -0.392 e. The van der Waals surface area contributed by atoms with Crippen molar-refractivity contribution in [1.82, 2.24) is 0 Å². The molecule has 1 nitrogen and oxygen atoms in total. The van der Waals surface area contributed by atoms with Crippen molar-refractivity contribution in [2.45, 2.75) is 18.0 Å². The van der Waals surface area contributed by atoms with E-state index >= 15 is 0 Å². The molecule has 8 heteroatoms. The lowest BCUT2D eigenvalue weighted by Crippen LogP contribution is -2.50. The molecule has 0 fully saturated rings. The molecule has 0 saturated carbocycles. The summed E-state index contributed by atoms with van der Waals surface area (Å²) in [6.07, 6.45) is -6.91. The van der Waals surface area contributed by atoms with E-state index in [4.69, 9.17) is 5.11 Å². The monoisotopic (exact) mass is 226 g/mol. The molecule has 0 aromatic heterocycles. The molecule has 84 valence electrons. The van der Waals surface area contributed by atoms with Gasteiger partial charge in [0.1, 0.15) is 0 Å². The molecule has 0 aliphatic heterocycles. The maximum atomic E-state index is 12.2. The Labute approximate surface area is 73.8 Å². The fourth-order valence-corrected chi connectivity index (χ4v) is 0.494. The van der Waals surface area contributed by atoms with Gasteiger partial charge in [0.25, 0.3) is 0 Å². The van der Waals surface area contributed by atoms with E-state index < -0.39 is 30.7 Å². The summed E-state index contributed by atoms with van der Waals surface area (Å²) in [6.45, 7) is -1.05. The zero-order chi connectivity index (χ0) is 11.6. The fourth-order valence-electron chi connectivity index (χ4n) is 0.494.